The molecule has 2 amide bonds. The summed E-state index contributed by atoms with van der Waals surface area (Å²) in [7, 11) is -2.20. The SMILES string of the molecule is CCCCNC(=O)[C@@H](Cc1ccccc1)N(Cc1ccc(F)cc1)C(=O)CCCN(C)S(=O)(=O)c1ccccc1. The molecule has 1 atom stereocenters. The lowest BCUT2D eigenvalue weighted by Crippen LogP contribution is -2.50. The van der Waals surface area contributed by atoms with Gasteiger partial charge >= 0.3 is 0 Å². The van der Waals surface area contributed by atoms with E-state index in [0.29, 0.717) is 18.5 Å². The molecule has 9 heteroatoms. The maximum atomic E-state index is 13.7. The first-order valence-electron chi connectivity index (χ1n) is 13.6. The van der Waals surface area contributed by atoms with Gasteiger partial charge in [-0.15, -0.1) is 0 Å². The van der Waals surface area contributed by atoms with Gasteiger partial charge in [0.1, 0.15) is 11.9 Å². The summed E-state index contributed by atoms with van der Waals surface area (Å²) in [6, 6.07) is 22.7. The van der Waals surface area contributed by atoms with E-state index in [0.717, 1.165) is 18.4 Å². The predicted octanol–water partition coefficient (Wildman–Crippen LogP) is 4.78. The van der Waals surface area contributed by atoms with Gasteiger partial charge in [-0.25, -0.2) is 17.1 Å². The van der Waals surface area contributed by atoms with Gasteiger partial charge in [0.25, 0.3) is 0 Å². The molecule has 3 aromatic rings. The Bertz CT molecular complexity index is 1320. The van der Waals surface area contributed by atoms with Gasteiger partial charge in [-0.05, 0) is 48.2 Å². The van der Waals surface area contributed by atoms with Crippen LogP contribution in [0.1, 0.15) is 43.7 Å². The number of carbonyl (C=O) groups is 2. The van der Waals surface area contributed by atoms with Gasteiger partial charge < -0.3 is 10.2 Å². The minimum atomic E-state index is -3.68. The van der Waals surface area contributed by atoms with Gasteiger partial charge in [0, 0.05) is 39.5 Å². The summed E-state index contributed by atoms with van der Waals surface area (Å²) in [4.78, 5) is 28.8. The minimum Gasteiger partial charge on any atom is -0.354 e. The van der Waals surface area contributed by atoms with Gasteiger partial charge in [-0.3, -0.25) is 9.59 Å². The highest BCUT2D eigenvalue weighted by Gasteiger charge is 2.30. The summed E-state index contributed by atoms with van der Waals surface area (Å²) in [6.45, 7) is 2.80. The van der Waals surface area contributed by atoms with Crippen LogP contribution in [0.4, 0.5) is 4.39 Å². The van der Waals surface area contributed by atoms with Gasteiger partial charge in [-0.1, -0.05) is 74.0 Å². The molecule has 3 aromatic carbocycles. The number of nitrogens with one attached hydrogen (secondary N) is 1. The van der Waals surface area contributed by atoms with Crippen LogP contribution in [0.25, 0.3) is 0 Å². The second-order valence-corrected chi connectivity index (χ2v) is 11.8. The second kappa shape index (κ2) is 15.3. The number of rotatable bonds is 15. The van der Waals surface area contributed by atoms with E-state index in [1.54, 1.807) is 30.3 Å². The number of unbranched alkanes of at least 4 members (excludes halogenated alkanes) is 1. The number of halogens is 1. The zero-order valence-electron chi connectivity index (χ0n) is 23.1. The number of hydrogen-bond acceptors (Lipinski definition) is 4. The fraction of sp³-hybridized carbons (Fsp3) is 0.355. The molecule has 214 valence electrons. The van der Waals surface area contributed by atoms with Crippen molar-refractivity contribution >= 4 is 21.8 Å². The second-order valence-electron chi connectivity index (χ2n) is 9.74. The van der Waals surface area contributed by atoms with E-state index in [-0.39, 0.29) is 48.5 Å². The van der Waals surface area contributed by atoms with Crippen molar-refractivity contribution in [1.82, 2.24) is 14.5 Å². The first-order valence-corrected chi connectivity index (χ1v) is 15.0. The molecule has 0 spiro atoms. The molecule has 0 aliphatic rings. The molecule has 0 heterocycles. The molecule has 0 aliphatic carbocycles. The molecule has 0 aromatic heterocycles. The molecule has 0 fully saturated rings. The number of sulfonamides is 1. The third-order valence-electron chi connectivity index (χ3n) is 6.68. The highest BCUT2D eigenvalue weighted by atomic mass is 32.2. The fourth-order valence-electron chi connectivity index (χ4n) is 4.34. The van der Waals surface area contributed by atoms with Crippen LogP contribution < -0.4 is 5.32 Å². The quantitative estimate of drug-likeness (QED) is 0.268. The lowest BCUT2D eigenvalue weighted by Gasteiger charge is -2.32. The maximum absolute atomic E-state index is 13.7. The Hall–Kier alpha value is -3.56. The van der Waals surface area contributed by atoms with Crippen LogP contribution in [0.15, 0.2) is 89.8 Å². The summed E-state index contributed by atoms with van der Waals surface area (Å²) >= 11 is 0. The topological polar surface area (TPSA) is 86.8 Å². The smallest absolute Gasteiger partial charge is 0.243 e. The third-order valence-corrected chi connectivity index (χ3v) is 8.55. The Kier molecular flexibility index (Phi) is 11.8. The lowest BCUT2D eigenvalue weighted by molar-refractivity contribution is -0.141. The Labute approximate surface area is 237 Å². The molecule has 40 heavy (non-hydrogen) atoms. The van der Waals surface area contributed by atoms with Crippen molar-refractivity contribution in [2.75, 3.05) is 20.1 Å². The monoisotopic (exact) mass is 567 g/mol. The molecule has 0 saturated heterocycles. The van der Waals surface area contributed by atoms with E-state index >= 15 is 0 Å². The Morgan fingerprint density at radius 1 is 0.875 bits per heavy atom. The normalized spacial score (nSPS) is 12.2. The summed E-state index contributed by atoms with van der Waals surface area (Å²) in [5, 5.41) is 2.97. The zero-order valence-corrected chi connectivity index (χ0v) is 23.9. The largest absolute Gasteiger partial charge is 0.354 e. The van der Waals surface area contributed by atoms with Gasteiger partial charge in [-0.2, -0.15) is 0 Å². The number of amides is 2. The van der Waals surface area contributed by atoms with Crippen LogP contribution in [0.5, 0.6) is 0 Å². The highest BCUT2D eigenvalue weighted by molar-refractivity contribution is 7.89. The van der Waals surface area contributed by atoms with Crippen LogP contribution >= 0.6 is 0 Å². The zero-order chi connectivity index (χ0) is 29.0. The summed E-state index contributed by atoms with van der Waals surface area (Å²) in [6.07, 6.45) is 2.37. The third kappa shape index (κ3) is 8.99. The summed E-state index contributed by atoms with van der Waals surface area (Å²) < 4.78 is 40.6. The molecular formula is C31H38FN3O4S. The Balaban J connectivity index is 1.80. The minimum absolute atomic E-state index is 0.0450. The first-order chi connectivity index (χ1) is 19.2. The van der Waals surface area contributed by atoms with Crippen molar-refractivity contribution in [3.63, 3.8) is 0 Å². The maximum Gasteiger partial charge on any atom is 0.243 e. The Morgan fingerprint density at radius 2 is 1.50 bits per heavy atom. The summed E-state index contributed by atoms with van der Waals surface area (Å²) in [5.41, 5.74) is 1.60. The Morgan fingerprint density at radius 3 is 2.12 bits per heavy atom. The highest BCUT2D eigenvalue weighted by Crippen LogP contribution is 2.18. The number of nitrogens with zero attached hydrogens (tertiary/aromatic N) is 2. The molecule has 3 rings (SSSR count). The lowest BCUT2D eigenvalue weighted by atomic mass is 10.0. The van der Waals surface area contributed by atoms with Gasteiger partial charge in [0.2, 0.25) is 21.8 Å². The van der Waals surface area contributed by atoms with E-state index < -0.39 is 16.1 Å². The average molecular weight is 568 g/mol. The van der Waals surface area contributed by atoms with Crippen molar-refractivity contribution in [2.24, 2.45) is 0 Å². The van der Waals surface area contributed by atoms with Crippen LogP contribution in [-0.2, 0) is 32.6 Å². The van der Waals surface area contributed by atoms with Crippen molar-refractivity contribution in [2.45, 2.75) is 56.5 Å². The van der Waals surface area contributed by atoms with Crippen molar-refractivity contribution in [3.8, 4) is 0 Å². The predicted molar refractivity (Wildman–Crippen MR) is 154 cm³/mol. The molecule has 0 radical (unpaired) electrons. The fourth-order valence-corrected chi connectivity index (χ4v) is 5.57. The van der Waals surface area contributed by atoms with Crippen LogP contribution in [0, 0.1) is 5.82 Å². The molecule has 0 aliphatic heterocycles. The van der Waals surface area contributed by atoms with Crippen molar-refractivity contribution in [1.29, 1.82) is 0 Å². The van der Waals surface area contributed by atoms with E-state index in [1.165, 1.54) is 40.5 Å². The standard InChI is InChI=1S/C31H38FN3O4S/c1-3-4-21-33-31(37)29(23-25-12-7-5-8-13-25)35(24-26-17-19-27(32)20-18-26)30(36)16-11-22-34(2)40(38,39)28-14-9-6-10-15-28/h5-10,12-15,17-20,29H,3-4,11,16,21-24H2,1-2H3,(H,33,37)/t29-/m1/s1. The molecule has 7 nitrogen and oxygen atoms in total. The molecule has 0 unspecified atom stereocenters. The number of hydrogen-bond donors (Lipinski definition) is 1. The van der Waals surface area contributed by atoms with Crippen LogP contribution in [0.3, 0.4) is 0 Å². The molecule has 0 bridgehead atoms. The molecular weight excluding hydrogens is 529 g/mol. The van der Waals surface area contributed by atoms with E-state index in [9.17, 15) is 22.4 Å². The van der Waals surface area contributed by atoms with Crippen molar-refractivity contribution in [3.05, 3.63) is 102 Å². The first kappa shape index (κ1) is 31.0. The van der Waals surface area contributed by atoms with E-state index in [1.807, 2.05) is 37.3 Å². The van der Waals surface area contributed by atoms with Gasteiger partial charge in [0.05, 0.1) is 4.90 Å². The molecule has 1 N–H and O–H groups in total. The number of carbonyl (C=O) groups excluding carboxylic acids is 2. The van der Waals surface area contributed by atoms with Crippen molar-refractivity contribution < 1.29 is 22.4 Å². The number of benzene rings is 3. The van der Waals surface area contributed by atoms with E-state index in [2.05, 4.69) is 5.32 Å². The average Bonchev–Trinajstić information content (AvgIpc) is 2.96. The van der Waals surface area contributed by atoms with E-state index in [4.69, 9.17) is 0 Å². The molecule has 0 saturated carbocycles. The summed E-state index contributed by atoms with van der Waals surface area (Å²) in [5.74, 6) is -0.916. The van der Waals surface area contributed by atoms with Gasteiger partial charge in [0.15, 0.2) is 0 Å². The van der Waals surface area contributed by atoms with Crippen LogP contribution in [-0.4, -0.2) is 55.6 Å². The van der Waals surface area contributed by atoms with Crippen LogP contribution in [0.2, 0.25) is 0 Å².